The van der Waals surface area contributed by atoms with Crippen molar-refractivity contribution in [2.45, 2.75) is 25.7 Å². The topological polar surface area (TPSA) is 128 Å². The van der Waals surface area contributed by atoms with Crippen molar-refractivity contribution in [3.63, 3.8) is 0 Å². The molecule has 0 atom stereocenters. The predicted octanol–water partition coefficient (Wildman–Crippen LogP) is 2.00. The number of hydrazone groups is 1. The van der Waals surface area contributed by atoms with Crippen molar-refractivity contribution in [3.8, 4) is 0 Å². The zero-order chi connectivity index (χ0) is 16.2. The summed E-state index contributed by atoms with van der Waals surface area (Å²) < 4.78 is 22.4. The molecule has 1 aromatic carbocycles. The lowest BCUT2D eigenvalue weighted by molar-refractivity contribution is -0.384. The number of sulfonamides is 1. The van der Waals surface area contributed by atoms with Crippen LogP contribution in [0.3, 0.4) is 0 Å². The van der Waals surface area contributed by atoms with Gasteiger partial charge in [-0.2, -0.15) is 5.10 Å². The van der Waals surface area contributed by atoms with E-state index in [1.54, 1.807) is 13.0 Å². The summed E-state index contributed by atoms with van der Waals surface area (Å²) in [4.78, 5) is 9.96. The average molecular weight is 312 g/mol. The first-order valence-corrected chi connectivity index (χ1v) is 7.42. The Kier molecular flexibility index (Phi) is 5.17. The third kappa shape index (κ3) is 4.97. The fourth-order valence-electron chi connectivity index (χ4n) is 1.53. The van der Waals surface area contributed by atoms with Crippen LogP contribution >= 0.6 is 0 Å². The van der Waals surface area contributed by atoms with Crippen LogP contribution in [0.4, 0.5) is 11.4 Å². The summed E-state index contributed by atoms with van der Waals surface area (Å²) in [6, 6.07) is 3.32. The fraction of sp³-hybridized carbons (Fsp3) is 0.250. The molecule has 0 aromatic heterocycles. The van der Waals surface area contributed by atoms with Crippen molar-refractivity contribution < 1.29 is 13.3 Å². The highest BCUT2D eigenvalue weighted by Crippen LogP contribution is 2.27. The van der Waals surface area contributed by atoms with Crippen molar-refractivity contribution >= 4 is 27.1 Å². The summed E-state index contributed by atoms with van der Waals surface area (Å²) in [6.07, 6.45) is 1.79. The number of primary sulfonamides is 1. The summed E-state index contributed by atoms with van der Waals surface area (Å²) in [6.45, 7) is 5.51. The van der Waals surface area contributed by atoms with Crippen LogP contribution in [0.1, 0.15) is 20.8 Å². The standard InChI is InChI=1S/C12H16N4O4S/c1-8(2)6-9(3)14-15-11-5-4-10(21(13,19)20)7-12(11)16(17)18/h4-7,15H,1-3H3,(H2,13,19,20)/b14-9-. The maximum absolute atomic E-state index is 11.2. The molecule has 0 amide bonds. The first-order valence-electron chi connectivity index (χ1n) is 5.87. The number of rotatable bonds is 5. The third-order valence-electron chi connectivity index (χ3n) is 2.34. The highest BCUT2D eigenvalue weighted by molar-refractivity contribution is 7.89. The molecule has 0 aliphatic heterocycles. The van der Waals surface area contributed by atoms with Crippen LogP contribution in [-0.4, -0.2) is 19.1 Å². The molecule has 114 valence electrons. The van der Waals surface area contributed by atoms with Crippen LogP contribution in [0.25, 0.3) is 0 Å². The summed E-state index contributed by atoms with van der Waals surface area (Å²) in [5.74, 6) is 0. The zero-order valence-corrected chi connectivity index (χ0v) is 12.6. The van der Waals surface area contributed by atoms with Gasteiger partial charge in [0.1, 0.15) is 5.69 Å². The molecule has 1 rings (SSSR count). The van der Waals surface area contributed by atoms with Gasteiger partial charge in [-0.15, -0.1) is 0 Å². The van der Waals surface area contributed by atoms with Gasteiger partial charge < -0.3 is 0 Å². The Hall–Kier alpha value is -2.26. The van der Waals surface area contributed by atoms with Gasteiger partial charge in [-0.05, 0) is 39.0 Å². The SMILES string of the molecule is CC(C)=C/C(C)=N\Nc1ccc(S(N)(=O)=O)cc1[N+](=O)[O-]. The van der Waals surface area contributed by atoms with E-state index in [1.807, 2.05) is 13.8 Å². The number of anilines is 1. The van der Waals surface area contributed by atoms with Crippen LogP contribution in [0, 0.1) is 10.1 Å². The molecular formula is C12H16N4O4S. The van der Waals surface area contributed by atoms with E-state index in [0.29, 0.717) is 5.71 Å². The molecule has 0 bridgehead atoms. The molecule has 9 heteroatoms. The first kappa shape index (κ1) is 16.8. The number of nitro benzene ring substituents is 1. The summed E-state index contributed by atoms with van der Waals surface area (Å²) in [7, 11) is -4.00. The average Bonchev–Trinajstić information content (AvgIpc) is 2.34. The molecule has 0 heterocycles. The second-order valence-electron chi connectivity index (χ2n) is 4.57. The van der Waals surface area contributed by atoms with E-state index in [1.165, 1.54) is 12.1 Å². The minimum Gasteiger partial charge on any atom is -0.271 e. The van der Waals surface area contributed by atoms with Crippen molar-refractivity contribution in [1.82, 2.24) is 0 Å². The van der Waals surface area contributed by atoms with E-state index in [0.717, 1.165) is 11.6 Å². The normalized spacial score (nSPS) is 11.9. The van der Waals surface area contributed by atoms with Crippen LogP contribution in [0.2, 0.25) is 0 Å². The van der Waals surface area contributed by atoms with Gasteiger partial charge in [-0.1, -0.05) is 5.57 Å². The Morgan fingerprint density at radius 3 is 2.48 bits per heavy atom. The van der Waals surface area contributed by atoms with Crippen molar-refractivity contribution in [3.05, 3.63) is 40.0 Å². The quantitative estimate of drug-likeness (QED) is 0.488. The zero-order valence-electron chi connectivity index (χ0n) is 11.8. The minimum absolute atomic E-state index is 0.0777. The van der Waals surface area contributed by atoms with E-state index >= 15 is 0 Å². The van der Waals surface area contributed by atoms with Crippen LogP contribution in [-0.2, 0) is 10.0 Å². The van der Waals surface area contributed by atoms with E-state index in [9.17, 15) is 18.5 Å². The van der Waals surface area contributed by atoms with Crippen LogP contribution in [0.5, 0.6) is 0 Å². The van der Waals surface area contributed by atoms with Crippen molar-refractivity contribution in [2.24, 2.45) is 10.2 Å². The molecular weight excluding hydrogens is 296 g/mol. The Balaban J connectivity index is 3.20. The number of benzene rings is 1. The molecule has 0 aliphatic carbocycles. The molecule has 0 fully saturated rings. The molecule has 0 unspecified atom stereocenters. The lowest BCUT2D eigenvalue weighted by Crippen LogP contribution is -2.12. The Bertz CT molecular complexity index is 719. The largest absolute Gasteiger partial charge is 0.295 e. The maximum Gasteiger partial charge on any atom is 0.295 e. The smallest absolute Gasteiger partial charge is 0.271 e. The van der Waals surface area contributed by atoms with E-state index in [2.05, 4.69) is 10.5 Å². The number of nitrogens with two attached hydrogens (primary N) is 1. The molecule has 1 aromatic rings. The second kappa shape index (κ2) is 6.46. The predicted molar refractivity (Wildman–Crippen MR) is 80.6 cm³/mol. The number of allylic oxidation sites excluding steroid dienone is 2. The molecule has 8 nitrogen and oxygen atoms in total. The number of nitro groups is 1. The highest BCUT2D eigenvalue weighted by atomic mass is 32.2. The van der Waals surface area contributed by atoms with Crippen LogP contribution < -0.4 is 10.6 Å². The number of nitrogens with zero attached hydrogens (tertiary/aromatic N) is 2. The van der Waals surface area contributed by atoms with Crippen molar-refractivity contribution in [2.75, 3.05) is 5.43 Å². The fourth-order valence-corrected chi connectivity index (χ4v) is 2.07. The van der Waals surface area contributed by atoms with Crippen molar-refractivity contribution in [1.29, 1.82) is 0 Å². The minimum atomic E-state index is -4.00. The number of hydrogen-bond donors (Lipinski definition) is 2. The molecule has 0 saturated heterocycles. The summed E-state index contributed by atoms with van der Waals surface area (Å²) in [5.41, 5.74) is 3.85. The van der Waals surface area contributed by atoms with Gasteiger partial charge in [0.05, 0.1) is 15.5 Å². The van der Waals surface area contributed by atoms with E-state index < -0.39 is 20.6 Å². The van der Waals surface area contributed by atoms with E-state index in [-0.39, 0.29) is 10.6 Å². The summed E-state index contributed by atoms with van der Waals surface area (Å²) in [5, 5.41) is 19.9. The van der Waals surface area contributed by atoms with Gasteiger partial charge in [-0.25, -0.2) is 13.6 Å². The molecule has 0 aliphatic rings. The van der Waals surface area contributed by atoms with Gasteiger partial charge in [0, 0.05) is 6.07 Å². The van der Waals surface area contributed by atoms with Gasteiger partial charge in [0.25, 0.3) is 5.69 Å². The second-order valence-corrected chi connectivity index (χ2v) is 6.13. The maximum atomic E-state index is 11.2. The Morgan fingerprint density at radius 2 is 2.00 bits per heavy atom. The molecule has 0 spiro atoms. The lowest BCUT2D eigenvalue weighted by Gasteiger charge is -2.05. The Labute approximate surface area is 122 Å². The summed E-state index contributed by atoms with van der Waals surface area (Å²) >= 11 is 0. The Morgan fingerprint density at radius 1 is 1.38 bits per heavy atom. The van der Waals surface area contributed by atoms with Crippen LogP contribution in [0.15, 0.2) is 39.8 Å². The van der Waals surface area contributed by atoms with Gasteiger partial charge in [-0.3, -0.25) is 15.5 Å². The lowest BCUT2D eigenvalue weighted by atomic mass is 10.2. The van der Waals surface area contributed by atoms with E-state index in [4.69, 9.17) is 5.14 Å². The highest BCUT2D eigenvalue weighted by Gasteiger charge is 2.18. The van der Waals surface area contributed by atoms with Gasteiger partial charge in [0.15, 0.2) is 0 Å². The molecule has 0 saturated carbocycles. The molecule has 3 N–H and O–H groups in total. The first-order chi connectivity index (χ1) is 9.61. The monoisotopic (exact) mass is 312 g/mol. The molecule has 21 heavy (non-hydrogen) atoms. The number of nitrogens with one attached hydrogen (secondary N) is 1. The van der Waals surface area contributed by atoms with Gasteiger partial charge in [0.2, 0.25) is 10.0 Å². The number of hydrogen-bond acceptors (Lipinski definition) is 6. The van der Waals surface area contributed by atoms with Gasteiger partial charge >= 0.3 is 0 Å². The third-order valence-corrected chi connectivity index (χ3v) is 3.26. The molecule has 0 radical (unpaired) electrons.